The standard InChI is InChI=1S/C17H22F3N3O3/c1-10(2)22(3)12-6-4-5-11(7-12)21-16(26)23-8-13(15(24)25)14(9-23)17(18,19)20/h4-7,10,13-14H,8-9H2,1-3H3,(H,21,26)(H,24,25)/t13-,14-/m1/s1. The number of anilines is 2. The molecule has 1 saturated heterocycles. The number of carbonyl (C=O) groups is 2. The summed E-state index contributed by atoms with van der Waals surface area (Å²) in [5, 5.41) is 11.6. The lowest BCUT2D eigenvalue weighted by Gasteiger charge is -2.24. The van der Waals surface area contributed by atoms with Gasteiger partial charge in [-0.2, -0.15) is 13.2 Å². The van der Waals surface area contributed by atoms with Gasteiger partial charge in [0.1, 0.15) is 0 Å². The molecule has 1 aliphatic heterocycles. The molecule has 2 N–H and O–H groups in total. The maximum Gasteiger partial charge on any atom is 0.394 e. The van der Waals surface area contributed by atoms with Crippen LogP contribution in [0.4, 0.5) is 29.3 Å². The van der Waals surface area contributed by atoms with Crippen molar-refractivity contribution in [2.75, 3.05) is 30.4 Å². The smallest absolute Gasteiger partial charge is 0.394 e. The number of rotatable bonds is 4. The van der Waals surface area contributed by atoms with Gasteiger partial charge in [0.05, 0.1) is 11.8 Å². The maximum absolute atomic E-state index is 13.0. The quantitative estimate of drug-likeness (QED) is 0.850. The third-order valence-corrected chi connectivity index (χ3v) is 4.62. The van der Waals surface area contributed by atoms with E-state index in [1.807, 2.05) is 31.9 Å². The predicted molar refractivity (Wildman–Crippen MR) is 91.2 cm³/mol. The Labute approximate surface area is 149 Å². The third kappa shape index (κ3) is 4.39. The van der Waals surface area contributed by atoms with Crippen molar-refractivity contribution in [3.05, 3.63) is 24.3 Å². The van der Waals surface area contributed by atoms with Crippen molar-refractivity contribution in [1.82, 2.24) is 4.90 Å². The van der Waals surface area contributed by atoms with E-state index in [-0.39, 0.29) is 6.04 Å². The Morgan fingerprint density at radius 2 is 1.96 bits per heavy atom. The number of carboxylic acid groups (broad SMARTS) is 1. The number of nitrogens with zero attached hydrogens (tertiary/aromatic N) is 2. The summed E-state index contributed by atoms with van der Waals surface area (Å²) in [5.74, 6) is -5.27. The highest BCUT2D eigenvalue weighted by molar-refractivity contribution is 5.90. The van der Waals surface area contributed by atoms with E-state index in [0.29, 0.717) is 5.69 Å². The molecule has 0 unspecified atom stereocenters. The summed E-state index contributed by atoms with van der Waals surface area (Å²) in [6.45, 7) is 2.85. The van der Waals surface area contributed by atoms with Crippen molar-refractivity contribution < 1.29 is 27.9 Å². The van der Waals surface area contributed by atoms with Gasteiger partial charge < -0.3 is 20.2 Å². The monoisotopic (exact) mass is 373 g/mol. The van der Waals surface area contributed by atoms with Crippen LogP contribution in [-0.2, 0) is 4.79 Å². The molecule has 1 heterocycles. The zero-order valence-electron chi connectivity index (χ0n) is 14.7. The van der Waals surface area contributed by atoms with Crippen LogP contribution in [0.1, 0.15) is 13.8 Å². The minimum absolute atomic E-state index is 0.225. The summed E-state index contributed by atoms with van der Waals surface area (Å²) < 4.78 is 39.1. The van der Waals surface area contributed by atoms with Crippen molar-refractivity contribution >= 4 is 23.4 Å². The van der Waals surface area contributed by atoms with Crippen LogP contribution < -0.4 is 10.2 Å². The molecule has 1 fully saturated rings. The molecule has 0 bridgehead atoms. The first kappa shape index (κ1) is 19.9. The molecular weight excluding hydrogens is 351 g/mol. The zero-order valence-corrected chi connectivity index (χ0v) is 14.7. The van der Waals surface area contributed by atoms with E-state index in [1.165, 1.54) is 0 Å². The topological polar surface area (TPSA) is 72.9 Å². The molecule has 0 aliphatic carbocycles. The van der Waals surface area contributed by atoms with Crippen LogP contribution in [0.5, 0.6) is 0 Å². The average Bonchev–Trinajstić information content (AvgIpc) is 3.00. The molecule has 0 spiro atoms. The predicted octanol–water partition coefficient (Wildman–Crippen LogP) is 3.26. The van der Waals surface area contributed by atoms with Gasteiger partial charge in [0.15, 0.2) is 0 Å². The molecule has 0 aromatic heterocycles. The van der Waals surface area contributed by atoms with Crippen molar-refractivity contribution in [1.29, 1.82) is 0 Å². The molecule has 0 radical (unpaired) electrons. The fraction of sp³-hybridized carbons (Fsp3) is 0.529. The van der Waals surface area contributed by atoms with Gasteiger partial charge in [-0.3, -0.25) is 4.79 Å². The van der Waals surface area contributed by atoms with Crippen molar-refractivity contribution in [3.8, 4) is 0 Å². The lowest BCUT2D eigenvalue weighted by Crippen LogP contribution is -2.35. The number of carboxylic acids is 1. The lowest BCUT2D eigenvalue weighted by atomic mass is 9.96. The number of amides is 2. The molecule has 1 aliphatic rings. The number of alkyl halides is 3. The number of aliphatic carboxylic acids is 1. The summed E-state index contributed by atoms with van der Waals surface area (Å²) in [6, 6.07) is 6.40. The largest absolute Gasteiger partial charge is 0.481 e. The van der Waals surface area contributed by atoms with Crippen molar-refractivity contribution in [2.45, 2.75) is 26.1 Å². The number of nitrogens with one attached hydrogen (secondary N) is 1. The van der Waals surface area contributed by atoms with Gasteiger partial charge in [-0.25, -0.2) is 4.79 Å². The van der Waals surface area contributed by atoms with Crippen LogP contribution in [0.15, 0.2) is 24.3 Å². The average molecular weight is 373 g/mol. The van der Waals surface area contributed by atoms with Gasteiger partial charge in [0.25, 0.3) is 0 Å². The first-order valence-electron chi connectivity index (χ1n) is 8.19. The molecule has 144 valence electrons. The molecule has 1 aromatic carbocycles. The van der Waals surface area contributed by atoms with E-state index in [2.05, 4.69) is 5.32 Å². The number of halogens is 3. The molecule has 2 rings (SSSR count). The molecule has 9 heteroatoms. The zero-order chi connectivity index (χ0) is 19.6. The lowest BCUT2D eigenvalue weighted by molar-refractivity contribution is -0.187. The van der Waals surface area contributed by atoms with Crippen LogP contribution in [0.25, 0.3) is 0 Å². The highest BCUT2D eigenvalue weighted by atomic mass is 19.4. The Hall–Kier alpha value is -2.45. The van der Waals surface area contributed by atoms with Gasteiger partial charge in [-0.15, -0.1) is 0 Å². The number of hydrogen-bond donors (Lipinski definition) is 2. The van der Waals surface area contributed by atoms with E-state index in [1.54, 1.807) is 18.2 Å². The Morgan fingerprint density at radius 1 is 1.31 bits per heavy atom. The van der Waals surface area contributed by atoms with E-state index >= 15 is 0 Å². The summed E-state index contributed by atoms with van der Waals surface area (Å²) in [5.41, 5.74) is 1.28. The second-order valence-electron chi connectivity index (χ2n) is 6.68. The first-order valence-corrected chi connectivity index (χ1v) is 8.19. The SMILES string of the molecule is CC(C)N(C)c1cccc(NC(=O)N2C[C@@H](C(F)(F)F)[C@H](C(=O)O)C2)c1. The summed E-state index contributed by atoms with van der Waals surface area (Å²) in [7, 11) is 1.89. The Balaban J connectivity index is 2.11. The Morgan fingerprint density at radius 3 is 2.46 bits per heavy atom. The van der Waals surface area contributed by atoms with Gasteiger partial charge in [0, 0.05) is 37.6 Å². The minimum atomic E-state index is -4.67. The second-order valence-corrected chi connectivity index (χ2v) is 6.68. The van der Waals surface area contributed by atoms with Crippen LogP contribution in [-0.4, -0.2) is 54.4 Å². The highest BCUT2D eigenvalue weighted by Gasteiger charge is 2.53. The normalized spacial score (nSPS) is 20.3. The van der Waals surface area contributed by atoms with Gasteiger partial charge in [-0.05, 0) is 32.0 Å². The van der Waals surface area contributed by atoms with E-state index in [0.717, 1.165) is 10.6 Å². The van der Waals surface area contributed by atoms with Gasteiger partial charge >= 0.3 is 18.2 Å². The van der Waals surface area contributed by atoms with Crippen molar-refractivity contribution in [3.63, 3.8) is 0 Å². The number of hydrogen-bond acceptors (Lipinski definition) is 3. The second kappa shape index (κ2) is 7.43. The molecular formula is C17H22F3N3O3. The fourth-order valence-electron chi connectivity index (χ4n) is 2.86. The van der Waals surface area contributed by atoms with Gasteiger partial charge in [-0.1, -0.05) is 6.07 Å². The van der Waals surface area contributed by atoms with E-state index < -0.39 is 43.1 Å². The van der Waals surface area contributed by atoms with Crippen molar-refractivity contribution in [2.24, 2.45) is 11.8 Å². The molecule has 2 atom stereocenters. The molecule has 0 saturated carbocycles. The van der Waals surface area contributed by atoms with Crippen LogP contribution in [0.3, 0.4) is 0 Å². The number of benzene rings is 1. The summed E-state index contributed by atoms with van der Waals surface area (Å²) in [6.07, 6.45) is -4.67. The molecule has 2 amide bonds. The van der Waals surface area contributed by atoms with Crippen LogP contribution >= 0.6 is 0 Å². The van der Waals surface area contributed by atoms with Crippen LogP contribution in [0.2, 0.25) is 0 Å². The number of likely N-dealkylation sites (tertiary alicyclic amines) is 1. The fourth-order valence-corrected chi connectivity index (χ4v) is 2.86. The van der Waals surface area contributed by atoms with E-state index in [9.17, 15) is 22.8 Å². The summed E-state index contributed by atoms with van der Waals surface area (Å²) in [4.78, 5) is 26.3. The van der Waals surface area contributed by atoms with Gasteiger partial charge in [0.2, 0.25) is 0 Å². The Kier molecular flexibility index (Phi) is 5.68. The maximum atomic E-state index is 13.0. The van der Waals surface area contributed by atoms with Crippen LogP contribution in [0, 0.1) is 11.8 Å². The Bertz CT molecular complexity index is 679. The summed E-state index contributed by atoms with van der Waals surface area (Å²) >= 11 is 0. The minimum Gasteiger partial charge on any atom is -0.481 e. The molecule has 1 aromatic rings. The first-order chi connectivity index (χ1) is 12.0. The highest BCUT2D eigenvalue weighted by Crippen LogP contribution is 2.38. The number of urea groups is 1. The number of carbonyl (C=O) groups excluding carboxylic acids is 1. The van der Waals surface area contributed by atoms with E-state index in [4.69, 9.17) is 5.11 Å². The third-order valence-electron chi connectivity index (χ3n) is 4.62. The molecule has 6 nitrogen and oxygen atoms in total. The molecule has 26 heavy (non-hydrogen) atoms.